The van der Waals surface area contributed by atoms with Crippen LogP contribution in [0.15, 0.2) is 53.2 Å². The molecule has 2 amide bonds. The molecule has 0 radical (unpaired) electrons. The molecule has 0 bridgehead atoms. The van der Waals surface area contributed by atoms with Gasteiger partial charge in [0, 0.05) is 11.1 Å². The molecule has 0 aliphatic carbocycles. The molecule has 0 saturated heterocycles. The van der Waals surface area contributed by atoms with Crippen molar-refractivity contribution >= 4 is 67.0 Å². The zero-order chi connectivity index (χ0) is 21.3. The number of hydrogen-bond acceptors (Lipinski definition) is 7. The fourth-order valence-corrected chi connectivity index (χ4v) is 4.30. The van der Waals surface area contributed by atoms with Gasteiger partial charge in [-0.05, 0) is 46.5 Å². The number of aromatic carboxylic acids is 1. The number of nitrogens with zero attached hydrogens (tertiary/aromatic N) is 1. The van der Waals surface area contributed by atoms with Gasteiger partial charge in [-0.2, -0.15) is 11.3 Å². The number of thiophene rings is 1. The van der Waals surface area contributed by atoms with Gasteiger partial charge >= 0.3 is 5.97 Å². The van der Waals surface area contributed by atoms with Crippen molar-refractivity contribution in [2.24, 2.45) is 5.73 Å². The number of nitrogens with one attached hydrogen (secondary N) is 2. The Morgan fingerprint density at radius 3 is 2.47 bits per heavy atom. The molecule has 4 rings (SSSR count). The summed E-state index contributed by atoms with van der Waals surface area (Å²) >= 11 is 2.48. The Morgan fingerprint density at radius 1 is 1.00 bits per heavy atom. The molecule has 8 nitrogen and oxygen atoms in total. The molecule has 0 atom stereocenters. The number of anilines is 3. The fraction of sp³-hybridized carbons (Fsp3) is 0. The van der Waals surface area contributed by atoms with Crippen LogP contribution in [0.3, 0.4) is 0 Å². The van der Waals surface area contributed by atoms with E-state index in [1.54, 1.807) is 41.1 Å². The van der Waals surface area contributed by atoms with Gasteiger partial charge in [-0.25, -0.2) is 9.78 Å². The number of carboxylic acids is 1. The molecule has 150 valence electrons. The van der Waals surface area contributed by atoms with E-state index in [0.717, 1.165) is 22.1 Å². The van der Waals surface area contributed by atoms with Crippen LogP contribution in [0.1, 0.15) is 31.2 Å². The molecule has 10 heteroatoms. The van der Waals surface area contributed by atoms with Crippen LogP contribution in [0, 0.1) is 0 Å². The number of primary amides is 1. The van der Waals surface area contributed by atoms with Gasteiger partial charge in [-0.15, -0.1) is 0 Å². The van der Waals surface area contributed by atoms with Crippen molar-refractivity contribution in [3.8, 4) is 0 Å². The van der Waals surface area contributed by atoms with Crippen LogP contribution in [0.4, 0.5) is 15.8 Å². The third kappa shape index (κ3) is 4.00. The smallest absolute Gasteiger partial charge is 0.335 e. The van der Waals surface area contributed by atoms with Gasteiger partial charge in [0.25, 0.3) is 11.8 Å². The SMILES string of the molecule is NC(=O)c1nc(Nc2ccc3cc(C(=O)O)ccc3c2)sc1NC(=O)c1ccsc1. The summed E-state index contributed by atoms with van der Waals surface area (Å²) in [4.78, 5) is 39.4. The minimum absolute atomic E-state index is 0.0297. The third-order valence-corrected chi connectivity index (χ3v) is 5.78. The highest BCUT2D eigenvalue weighted by Gasteiger charge is 2.19. The van der Waals surface area contributed by atoms with Gasteiger partial charge in [-0.1, -0.05) is 23.5 Å². The highest BCUT2D eigenvalue weighted by atomic mass is 32.1. The molecular formula is C20H14N4O4S2. The van der Waals surface area contributed by atoms with E-state index in [-0.39, 0.29) is 22.2 Å². The van der Waals surface area contributed by atoms with Crippen LogP contribution in [0.5, 0.6) is 0 Å². The van der Waals surface area contributed by atoms with Crippen LogP contribution in [-0.4, -0.2) is 27.9 Å². The molecule has 2 aromatic carbocycles. The number of carbonyl (C=O) groups excluding carboxylic acids is 2. The number of fused-ring (bicyclic) bond motifs is 1. The number of rotatable bonds is 6. The molecule has 0 fully saturated rings. The quantitative estimate of drug-likeness (QED) is 0.357. The number of hydrogen-bond donors (Lipinski definition) is 4. The molecule has 0 saturated carbocycles. The Morgan fingerprint density at radius 2 is 1.77 bits per heavy atom. The number of benzene rings is 2. The Hall–Kier alpha value is -3.76. The Kier molecular flexibility index (Phi) is 5.17. The predicted molar refractivity (Wildman–Crippen MR) is 117 cm³/mol. The second-order valence-electron chi connectivity index (χ2n) is 6.23. The third-order valence-electron chi connectivity index (χ3n) is 4.21. The Labute approximate surface area is 178 Å². The van der Waals surface area contributed by atoms with Gasteiger partial charge in [-0.3, -0.25) is 9.59 Å². The summed E-state index contributed by atoms with van der Waals surface area (Å²) in [7, 11) is 0. The topological polar surface area (TPSA) is 134 Å². The van der Waals surface area contributed by atoms with E-state index in [1.165, 1.54) is 17.4 Å². The zero-order valence-corrected chi connectivity index (χ0v) is 16.8. The number of amides is 2. The van der Waals surface area contributed by atoms with E-state index < -0.39 is 11.9 Å². The first-order chi connectivity index (χ1) is 14.4. The van der Waals surface area contributed by atoms with Gasteiger partial charge in [0.05, 0.1) is 11.1 Å². The minimum atomic E-state index is -0.988. The lowest BCUT2D eigenvalue weighted by molar-refractivity contribution is 0.0696. The van der Waals surface area contributed by atoms with Crippen LogP contribution in [-0.2, 0) is 0 Å². The fourth-order valence-electron chi connectivity index (χ4n) is 2.77. The van der Waals surface area contributed by atoms with Crippen molar-refractivity contribution in [1.82, 2.24) is 4.98 Å². The van der Waals surface area contributed by atoms with Crippen LogP contribution >= 0.6 is 22.7 Å². The van der Waals surface area contributed by atoms with Gasteiger partial charge < -0.3 is 21.5 Å². The van der Waals surface area contributed by atoms with E-state index in [9.17, 15) is 14.4 Å². The van der Waals surface area contributed by atoms with Crippen molar-refractivity contribution < 1.29 is 19.5 Å². The number of nitrogens with two attached hydrogens (primary N) is 1. The highest BCUT2D eigenvalue weighted by molar-refractivity contribution is 7.20. The molecule has 2 heterocycles. The first-order valence-electron chi connectivity index (χ1n) is 8.59. The Balaban J connectivity index is 1.59. The molecule has 30 heavy (non-hydrogen) atoms. The number of carbonyl (C=O) groups is 3. The molecule has 0 aliphatic rings. The van der Waals surface area contributed by atoms with Crippen LogP contribution < -0.4 is 16.4 Å². The summed E-state index contributed by atoms with van der Waals surface area (Å²) < 4.78 is 0. The summed E-state index contributed by atoms with van der Waals surface area (Å²) in [6.45, 7) is 0. The van der Waals surface area contributed by atoms with Crippen molar-refractivity contribution in [3.05, 3.63) is 70.0 Å². The maximum absolute atomic E-state index is 12.3. The second kappa shape index (κ2) is 7.93. The average molecular weight is 438 g/mol. The van der Waals surface area contributed by atoms with Crippen molar-refractivity contribution in [2.45, 2.75) is 0 Å². The highest BCUT2D eigenvalue weighted by Crippen LogP contribution is 2.32. The van der Waals surface area contributed by atoms with Gasteiger partial charge in [0.15, 0.2) is 10.8 Å². The summed E-state index contributed by atoms with van der Waals surface area (Å²) in [6.07, 6.45) is 0. The second-order valence-corrected chi connectivity index (χ2v) is 8.01. The lowest BCUT2D eigenvalue weighted by Gasteiger charge is -2.05. The number of carboxylic acid groups (broad SMARTS) is 1. The Bertz CT molecular complexity index is 1280. The zero-order valence-electron chi connectivity index (χ0n) is 15.2. The van der Waals surface area contributed by atoms with E-state index >= 15 is 0 Å². The number of thiazole rings is 1. The number of aromatic nitrogens is 1. The first-order valence-corrected chi connectivity index (χ1v) is 10.3. The molecule has 0 spiro atoms. The van der Waals surface area contributed by atoms with Crippen molar-refractivity contribution in [3.63, 3.8) is 0 Å². The summed E-state index contributed by atoms with van der Waals surface area (Å²) in [6, 6.07) is 11.9. The minimum Gasteiger partial charge on any atom is -0.478 e. The van der Waals surface area contributed by atoms with Crippen molar-refractivity contribution in [1.29, 1.82) is 0 Å². The molecule has 0 unspecified atom stereocenters. The van der Waals surface area contributed by atoms with E-state index in [0.29, 0.717) is 16.4 Å². The lowest BCUT2D eigenvalue weighted by Crippen LogP contribution is -2.17. The maximum Gasteiger partial charge on any atom is 0.335 e. The normalized spacial score (nSPS) is 10.7. The summed E-state index contributed by atoms with van der Waals surface area (Å²) in [5.74, 6) is -2.09. The predicted octanol–water partition coefficient (Wildman–Crippen LogP) is 4.15. The summed E-state index contributed by atoms with van der Waals surface area (Å²) in [5, 5.41) is 20.6. The van der Waals surface area contributed by atoms with Gasteiger partial charge in [0.2, 0.25) is 0 Å². The van der Waals surface area contributed by atoms with Crippen LogP contribution in [0.2, 0.25) is 0 Å². The largest absolute Gasteiger partial charge is 0.478 e. The maximum atomic E-state index is 12.3. The van der Waals surface area contributed by atoms with E-state index in [2.05, 4.69) is 15.6 Å². The molecular weight excluding hydrogens is 424 g/mol. The summed E-state index contributed by atoms with van der Waals surface area (Å²) in [5.41, 5.74) is 6.75. The van der Waals surface area contributed by atoms with Gasteiger partial charge in [0.1, 0.15) is 5.00 Å². The molecule has 4 aromatic rings. The molecule has 0 aliphatic heterocycles. The monoisotopic (exact) mass is 438 g/mol. The standard InChI is InChI=1S/C20H14N4O4S2/c21-16(25)15-18(24-17(26)13-5-6-29-9-13)30-20(23-15)22-14-4-3-10-7-12(19(27)28)2-1-11(10)8-14/h1-9H,(H2,21,25)(H,22,23)(H,24,26)(H,27,28). The lowest BCUT2D eigenvalue weighted by atomic mass is 10.1. The van der Waals surface area contributed by atoms with Crippen molar-refractivity contribution in [2.75, 3.05) is 10.6 Å². The van der Waals surface area contributed by atoms with E-state index in [4.69, 9.17) is 10.8 Å². The average Bonchev–Trinajstić information content (AvgIpc) is 3.38. The first kappa shape index (κ1) is 19.6. The molecule has 2 aromatic heterocycles. The molecule has 5 N–H and O–H groups in total. The van der Waals surface area contributed by atoms with Crippen LogP contribution in [0.25, 0.3) is 10.8 Å². The van der Waals surface area contributed by atoms with E-state index in [1.807, 2.05) is 6.07 Å².